The summed E-state index contributed by atoms with van der Waals surface area (Å²) in [5, 5.41) is 9.67. The topological polar surface area (TPSA) is 83.6 Å². The number of likely N-dealkylation sites (tertiary alicyclic amines) is 1. The van der Waals surface area contributed by atoms with Crippen molar-refractivity contribution < 1.29 is 14.7 Å². The third-order valence-electron chi connectivity index (χ3n) is 3.59. The second kappa shape index (κ2) is 4.74. The van der Waals surface area contributed by atoms with E-state index in [1.807, 2.05) is 0 Å². The van der Waals surface area contributed by atoms with Gasteiger partial charge in [-0.15, -0.1) is 0 Å². The van der Waals surface area contributed by atoms with Gasteiger partial charge in [0.1, 0.15) is 5.54 Å². The van der Waals surface area contributed by atoms with E-state index in [0.29, 0.717) is 35.7 Å². The van der Waals surface area contributed by atoms with Crippen LogP contribution in [0.25, 0.3) is 0 Å². The molecule has 3 N–H and O–H groups in total. The lowest BCUT2D eigenvalue weighted by Gasteiger charge is -2.31. The molecule has 1 aliphatic heterocycles. The summed E-state index contributed by atoms with van der Waals surface area (Å²) >= 11 is 5.81. The highest BCUT2D eigenvalue weighted by Crippen LogP contribution is 2.31. The van der Waals surface area contributed by atoms with Crippen LogP contribution in [0.3, 0.4) is 0 Å². The van der Waals surface area contributed by atoms with E-state index >= 15 is 0 Å². The Morgan fingerprint density at radius 3 is 2.74 bits per heavy atom. The molecule has 1 atom stereocenters. The molecular weight excluding hydrogens is 268 g/mol. The highest BCUT2D eigenvalue weighted by atomic mass is 35.5. The lowest BCUT2D eigenvalue weighted by Crippen LogP contribution is -2.50. The Balaban J connectivity index is 2.33. The van der Waals surface area contributed by atoms with Crippen LogP contribution >= 0.6 is 11.6 Å². The molecule has 0 saturated carbocycles. The summed E-state index contributed by atoms with van der Waals surface area (Å²) in [6.45, 7) is 2.00. The molecule has 1 fully saturated rings. The molecular formula is C13H15ClN2O3. The normalized spacial score (nSPS) is 22.5. The van der Waals surface area contributed by atoms with Gasteiger partial charge in [-0.05, 0) is 38.0 Å². The van der Waals surface area contributed by atoms with E-state index in [9.17, 15) is 14.7 Å². The number of carbonyl (C=O) groups is 2. The van der Waals surface area contributed by atoms with Crippen LogP contribution in [0.4, 0.5) is 5.69 Å². The zero-order valence-electron chi connectivity index (χ0n) is 10.5. The Labute approximate surface area is 116 Å². The maximum Gasteiger partial charge on any atom is 0.329 e. The van der Waals surface area contributed by atoms with Crippen molar-refractivity contribution in [3.63, 3.8) is 0 Å². The first-order valence-electron chi connectivity index (χ1n) is 5.96. The van der Waals surface area contributed by atoms with Gasteiger partial charge in [0.15, 0.2) is 0 Å². The minimum Gasteiger partial charge on any atom is -0.480 e. The van der Waals surface area contributed by atoms with E-state index in [4.69, 9.17) is 17.3 Å². The van der Waals surface area contributed by atoms with Gasteiger partial charge in [-0.25, -0.2) is 4.79 Å². The first-order valence-corrected chi connectivity index (χ1v) is 6.34. The van der Waals surface area contributed by atoms with Gasteiger partial charge in [-0.2, -0.15) is 0 Å². The number of carbonyl (C=O) groups excluding carboxylic acids is 1. The van der Waals surface area contributed by atoms with Crippen LogP contribution in [0, 0.1) is 0 Å². The molecule has 19 heavy (non-hydrogen) atoms. The molecule has 0 aromatic heterocycles. The minimum absolute atomic E-state index is 0.309. The first kappa shape index (κ1) is 13.7. The van der Waals surface area contributed by atoms with Crippen LogP contribution in [0.2, 0.25) is 5.02 Å². The molecule has 2 rings (SSSR count). The van der Waals surface area contributed by atoms with Crippen LogP contribution in [0.15, 0.2) is 18.2 Å². The molecule has 0 aliphatic carbocycles. The third-order valence-corrected chi connectivity index (χ3v) is 3.93. The number of nitrogen functional groups attached to an aromatic ring is 1. The van der Waals surface area contributed by atoms with Crippen molar-refractivity contribution in [3.8, 4) is 0 Å². The van der Waals surface area contributed by atoms with Gasteiger partial charge in [0.25, 0.3) is 5.91 Å². The summed E-state index contributed by atoms with van der Waals surface area (Å²) in [5.74, 6) is -1.31. The van der Waals surface area contributed by atoms with Crippen LogP contribution in [0.1, 0.15) is 30.1 Å². The van der Waals surface area contributed by atoms with E-state index in [1.54, 1.807) is 13.0 Å². The van der Waals surface area contributed by atoms with Gasteiger partial charge >= 0.3 is 5.97 Å². The third kappa shape index (κ3) is 2.26. The predicted molar refractivity (Wildman–Crippen MR) is 72.2 cm³/mol. The minimum atomic E-state index is -1.15. The average molecular weight is 283 g/mol. The summed E-state index contributed by atoms with van der Waals surface area (Å²) in [6, 6.07) is 4.57. The molecule has 1 aliphatic rings. The van der Waals surface area contributed by atoms with Gasteiger partial charge in [0.2, 0.25) is 0 Å². The number of aliphatic carboxylic acids is 1. The Morgan fingerprint density at radius 2 is 2.16 bits per heavy atom. The molecule has 102 valence electrons. The maximum absolute atomic E-state index is 12.4. The number of amides is 1. The summed E-state index contributed by atoms with van der Waals surface area (Å²) in [6.07, 6.45) is 1.13. The van der Waals surface area contributed by atoms with Gasteiger partial charge < -0.3 is 15.7 Å². The van der Waals surface area contributed by atoms with E-state index in [-0.39, 0.29) is 5.91 Å². The number of nitrogens with two attached hydrogens (primary N) is 1. The Morgan fingerprint density at radius 1 is 1.47 bits per heavy atom. The van der Waals surface area contributed by atoms with Gasteiger partial charge in [0, 0.05) is 12.1 Å². The number of nitrogens with zero attached hydrogens (tertiary/aromatic N) is 1. The first-order chi connectivity index (χ1) is 8.86. The lowest BCUT2D eigenvalue weighted by molar-refractivity contribution is -0.147. The van der Waals surface area contributed by atoms with Gasteiger partial charge in [0.05, 0.1) is 10.7 Å². The average Bonchev–Trinajstić information content (AvgIpc) is 2.75. The number of benzene rings is 1. The molecule has 1 amide bonds. The largest absolute Gasteiger partial charge is 0.480 e. The predicted octanol–water partition coefficient (Wildman–Crippen LogP) is 2.00. The van der Waals surface area contributed by atoms with Crippen molar-refractivity contribution in [2.75, 3.05) is 12.3 Å². The van der Waals surface area contributed by atoms with Crippen LogP contribution in [0.5, 0.6) is 0 Å². The summed E-state index contributed by atoms with van der Waals surface area (Å²) in [7, 11) is 0. The van der Waals surface area contributed by atoms with E-state index in [0.717, 1.165) is 0 Å². The van der Waals surface area contributed by atoms with Crippen molar-refractivity contribution in [1.82, 2.24) is 4.90 Å². The SMILES string of the molecule is CC1(C(=O)O)CCCN1C(=O)c1ccc(Cl)c(N)c1. The Bertz CT molecular complexity index is 547. The van der Waals surface area contributed by atoms with E-state index in [1.165, 1.54) is 17.0 Å². The van der Waals surface area contributed by atoms with E-state index < -0.39 is 11.5 Å². The van der Waals surface area contributed by atoms with Gasteiger partial charge in [-0.3, -0.25) is 4.79 Å². The summed E-state index contributed by atoms with van der Waals surface area (Å²) in [5.41, 5.74) is 5.18. The van der Waals surface area contributed by atoms with Crippen molar-refractivity contribution in [2.45, 2.75) is 25.3 Å². The highest BCUT2D eigenvalue weighted by Gasteiger charge is 2.46. The van der Waals surface area contributed by atoms with Gasteiger partial charge in [-0.1, -0.05) is 11.6 Å². The summed E-state index contributed by atoms with van der Waals surface area (Å²) < 4.78 is 0. The Kier molecular flexibility index (Phi) is 3.41. The fourth-order valence-corrected chi connectivity index (χ4v) is 2.46. The number of hydrogen-bond acceptors (Lipinski definition) is 3. The quantitative estimate of drug-likeness (QED) is 0.813. The highest BCUT2D eigenvalue weighted by molar-refractivity contribution is 6.33. The van der Waals surface area contributed by atoms with Crippen molar-refractivity contribution in [3.05, 3.63) is 28.8 Å². The zero-order valence-corrected chi connectivity index (χ0v) is 11.3. The zero-order chi connectivity index (χ0) is 14.2. The number of rotatable bonds is 2. The second-order valence-corrected chi connectivity index (χ2v) is 5.28. The number of anilines is 1. The molecule has 1 saturated heterocycles. The molecule has 1 aromatic rings. The molecule has 5 nitrogen and oxygen atoms in total. The maximum atomic E-state index is 12.4. The number of hydrogen-bond donors (Lipinski definition) is 2. The number of halogens is 1. The molecule has 0 spiro atoms. The molecule has 0 radical (unpaired) electrons. The van der Waals surface area contributed by atoms with Crippen molar-refractivity contribution >= 4 is 29.2 Å². The second-order valence-electron chi connectivity index (χ2n) is 4.88. The smallest absolute Gasteiger partial charge is 0.329 e. The standard InChI is InChI=1S/C13H15ClN2O3/c1-13(12(18)19)5-2-6-16(13)11(17)8-3-4-9(14)10(15)7-8/h3-4,7H,2,5-6,15H2,1H3,(H,18,19). The molecule has 6 heteroatoms. The van der Waals surface area contributed by atoms with Crippen molar-refractivity contribution in [2.24, 2.45) is 0 Å². The van der Waals surface area contributed by atoms with E-state index in [2.05, 4.69) is 0 Å². The molecule has 1 unspecified atom stereocenters. The molecule has 1 aromatic carbocycles. The monoisotopic (exact) mass is 282 g/mol. The van der Waals surface area contributed by atoms with Crippen LogP contribution in [-0.2, 0) is 4.79 Å². The van der Waals surface area contributed by atoms with Crippen molar-refractivity contribution in [1.29, 1.82) is 0 Å². The number of carboxylic acid groups (broad SMARTS) is 1. The fourth-order valence-electron chi connectivity index (χ4n) is 2.34. The molecule has 0 bridgehead atoms. The lowest BCUT2D eigenvalue weighted by atomic mass is 9.98. The number of carboxylic acids is 1. The molecule has 1 heterocycles. The summed E-state index contributed by atoms with van der Waals surface area (Å²) in [4.78, 5) is 25.1. The Hall–Kier alpha value is -1.75. The fraction of sp³-hybridized carbons (Fsp3) is 0.385. The van der Waals surface area contributed by atoms with Crippen LogP contribution < -0.4 is 5.73 Å². The van der Waals surface area contributed by atoms with Crippen LogP contribution in [-0.4, -0.2) is 34.0 Å².